The van der Waals surface area contributed by atoms with Crippen molar-refractivity contribution in [2.45, 2.75) is 37.0 Å². The van der Waals surface area contributed by atoms with Crippen molar-refractivity contribution in [3.63, 3.8) is 0 Å². The molecule has 3 N–H and O–H groups in total. The molecule has 7 heteroatoms. The summed E-state index contributed by atoms with van der Waals surface area (Å²) in [5.41, 5.74) is 6.05. The van der Waals surface area contributed by atoms with Crippen LogP contribution in [0.3, 0.4) is 0 Å². The van der Waals surface area contributed by atoms with Gasteiger partial charge in [-0.3, -0.25) is 0 Å². The first-order chi connectivity index (χ1) is 9.40. The molecule has 112 valence electrons. The van der Waals surface area contributed by atoms with Crippen LogP contribution in [-0.4, -0.2) is 15.0 Å². The lowest BCUT2D eigenvalue weighted by molar-refractivity contribution is 0.357. The predicted molar refractivity (Wildman–Crippen MR) is 85.3 cm³/mol. The maximum Gasteiger partial charge on any atom is 0.241 e. The Kier molecular flexibility index (Phi) is 5.34. The van der Waals surface area contributed by atoms with E-state index in [9.17, 15) is 8.42 Å². The Morgan fingerprint density at radius 1 is 1.30 bits per heavy atom. The number of halogens is 2. The highest BCUT2D eigenvalue weighted by molar-refractivity contribution is 9.10. The zero-order valence-corrected chi connectivity index (χ0v) is 14.2. The quantitative estimate of drug-likeness (QED) is 0.783. The molecule has 1 saturated carbocycles. The Morgan fingerprint density at radius 3 is 2.60 bits per heavy atom. The lowest BCUT2D eigenvalue weighted by atomic mass is 9.90. The molecular weight excluding hydrogens is 364 g/mol. The monoisotopic (exact) mass is 380 g/mol. The highest BCUT2D eigenvalue weighted by atomic mass is 79.9. The average Bonchev–Trinajstić information content (AvgIpc) is 2.42. The van der Waals surface area contributed by atoms with Gasteiger partial charge in [0.2, 0.25) is 10.0 Å². The number of anilines is 1. The van der Waals surface area contributed by atoms with E-state index in [1.165, 1.54) is 31.4 Å². The van der Waals surface area contributed by atoms with Gasteiger partial charge in [0.15, 0.2) is 0 Å². The highest BCUT2D eigenvalue weighted by Crippen LogP contribution is 2.31. The largest absolute Gasteiger partial charge is 0.398 e. The molecule has 0 bridgehead atoms. The fourth-order valence-corrected chi connectivity index (χ4v) is 4.88. The lowest BCUT2D eigenvalue weighted by Gasteiger charge is -2.22. The van der Waals surface area contributed by atoms with Crippen LogP contribution in [0, 0.1) is 5.92 Å². The van der Waals surface area contributed by atoms with Crippen molar-refractivity contribution in [2.75, 3.05) is 12.3 Å². The first kappa shape index (κ1) is 16.1. The molecule has 2 rings (SSSR count). The van der Waals surface area contributed by atoms with Crippen LogP contribution in [0.2, 0.25) is 5.02 Å². The van der Waals surface area contributed by atoms with E-state index in [0.717, 1.165) is 12.8 Å². The van der Waals surface area contributed by atoms with Crippen LogP contribution < -0.4 is 10.5 Å². The van der Waals surface area contributed by atoms with Crippen molar-refractivity contribution in [3.05, 3.63) is 21.6 Å². The average molecular weight is 382 g/mol. The van der Waals surface area contributed by atoms with Gasteiger partial charge >= 0.3 is 0 Å². The van der Waals surface area contributed by atoms with Gasteiger partial charge in [-0.1, -0.05) is 30.9 Å². The van der Waals surface area contributed by atoms with E-state index in [4.69, 9.17) is 17.3 Å². The second kappa shape index (κ2) is 6.64. The number of benzene rings is 1. The van der Waals surface area contributed by atoms with Gasteiger partial charge in [-0.2, -0.15) is 0 Å². The van der Waals surface area contributed by atoms with Crippen molar-refractivity contribution in [1.29, 1.82) is 0 Å². The molecule has 1 aromatic carbocycles. The topological polar surface area (TPSA) is 72.2 Å². The number of nitrogens with two attached hydrogens (primary N) is 1. The van der Waals surface area contributed by atoms with E-state index in [1.807, 2.05) is 0 Å². The maximum atomic E-state index is 12.3. The van der Waals surface area contributed by atoms with Crippen LogP contribution in [0.1, 0.15) is 32.1 Å². The molecule has 0 heterocycles. The van der Waals surface area contributed by atoms with E-state index < -0.39 is 10.0 Å². The van der Waals surface area contributed by atoms with E-state index >= 15 is 0 Å². The molecule has 0 radical (unpaired) electrons. The van der Waals surface area contributed by atoms with Crippen molar-refractivity contribution >= 4 is 43.2 Å². The minimum absolute atomic E-state index is 0.0957. The molecule has 1 aromatic rings. The second-order valence-corrected chi connectivity index (χ2v) is 8.13. The Hall–Kier alpha value is -0.300. The third kappa shape index (κ3) is 3.87. The fraction of sp³-hybridized carbons (Fsp3) is 0.538. The molecule has 20 heavy (non-hydrogen) atoms. The van der Waals surface area contributed by atoms with Crippen LogP contribution in [-0.2, 0) is 10.0 Å². The van der Waals surface area contributed by atoms with Gasteiger partial charge in [-0.05, 0) is 46.8 Å². The number of nitrogen functional groups attached to an aromatic ring is 1. The smallest absolute Gasteiger partial charge is 0.241 e. The van der Waals surface area contributed by atoms with Crippen LogP contribution in [0.25, 0.3) is 0 Å². The lowest BCUT2D eigenvalue weighted by Crippen LogP contribution is -2.30. The van der Waals surface area contributed by atoms with Crippen LogP contribution >= 0.6 is 27.5 Å². The van der Waals surface area contributed by atoms with Gasteiger partial charge in [-0.15, -0.1) is 0 Å². The van der Waals surface area contributed by atoms with Gasteiger partial charge in [0.1, 0.15) is 0 Å². The molecule has 1 fully saturated rings. The number of hydrogen-bond acceptors (Lipinski definition) is 3. The minimum atomic E-state index is -3.60. The molecule has 1 aliphatic carbocycles. The van der Waals surface area contributed by atoms with Crippen LogP contribution in [0.5, 0.6) is 0 Å². The van der Waals surface area contributed by atoms with E-state index in [1.54, 1.807) is 0 Å². The third-order valence-corrected chi connectivity index (χ3v) is 6.42. The summed E-state index contributed by atoms with van der Waals surface area (Å²) in [5.74, 6) is 0.425. The summed E-state index contributed by atoms with van der Waals surface area (Å²) in [6.45, 7) is 0.473. The molecule has 0 amide bonds. The van der Waals surface area contributed by atoms with Crippen molar-refractivity contribution in [2.24, 2.45) is 5.92 Å². The number of nitrogens with one attached hydrogen (secondary N) is 1. The normalized spacial score (nSPS) is 17.3. The fourth-order valence-electron chi connectivity index (χ4n) is 2.48. The molecule has 0 aromatic heterocycles. The SMILES string of the molecule is Nc1cc(Cl)cc(S(=O)(=O)NCC2CCCCC2)c1Br. The Morgan fingerprint density at radius 2 is 1.95 bits per heavy atom. The van der Waals surface area contributed by atoms with E-state index in [0.29, 0.717) is 27.6 Å². The zero-order valence-electron chi connectivity index (χ0n) is 11.0. The summed E-state index contributed by atoms with van der Waals surface area (Å²) in [5, 5.41) is 0.309. The van der Waals surface area contributed by atoms with Gasteiger partial charge in [0.25, 0.3) is 0 Å². The molecular formula is C13H18BrClN2O2S. The van der Waals surface area contributed by atoms with Crippen molar-refractivity contribution in [1.82, 2.24) is 4.72 Å². The molecule has 4 nitrogen and oxygen atoms in total. The summed E-state index contributed by atoms with van der Waals surface area (Å²) in [7, 11) is -3.60. The molecule has 0 saturated heterocycles. The summed E-state index contributed by atoms with van der Waals surface area (Å²) in [6.07, 6.45) is 5.78. The van der Waals surface area contributed by atoms with E-state index in [-0.39, 0.29) is 4.90 Å². The predicted octanol–water partition coefficient (Wildman–Crippen LogP) is 3.54. The van der Waals surface area contributed by atoms with Gasteiger partial charge in [0, 0.05) is 17.3 Å². The molecule has 0 aliphatic heterocycles. The summed E-state index contributed by atoms with van der Waals surface area (Å²) in [6, 6.07) is 2.93. The molecule has 0 atom stereocenters. The van der Waals surface area contributed by atoms with Crippen molar-refractivity contribution < 1.29 is 8.42 Å². The van der Waals surface area contributed by atoms with E-state index in [2.05, 4.69) is 20.7 Å². The third-order valence-electron chi connectivity index (χ3n) is 3.61. The minimum Gasteiger partial charge on any atom is -0.398 e. The number of sulfonamides is 1. The Balaban J connectivity index is 2.14. The summed E-state index contributed by atoms with van der Waals surface area (Å²) >= 11 is 9.10. The van der Waals surface area contributed by atoms with Gasteiger partial charge < -0.3 is 5.73 Å². The Labute approximate surface area is 133 Å². The Bertz CT molecular complexity index is 586. The second-order valence-electron chi connectivity index (χ2n) is 5.16. The standard InChI is InChI=1S/C13H18BrClN2O2S/c14-13-11(16)6-10(15)7-12(13)20(18,19)17-8-9-4-2-1-3-5-9/h6-7,9,17H,1-5,8,16H2. The van der Waals surface area contributed by atoms with Crippen molar-refractivity contribution in [3.8, 4) is 0 Å². The van der Waals surface area contributed by atoms with Gasteiger partial charge in [-0.25, -0.2) is 13.1 Å². The summed E-state index contributed by atoms with van der Waals surface area (Å²) < 4.78 is 27.7. The van der Waals surface area contributed by atoms with Crippen LogP contribution in [0.15, 0.2) is 21.5 Å². The van der Waals surface area contributed by atoms with Gasteiger partial charge in [0.05, 0.1) is 9.37 Å². The number of hydrogen-bond donors (Lipinski definition) is 2. The zero-order chi connectivity index (χ0) is 14.8. The first-order valence-corrected chi connectivity index (χ1v) is 9.30. The van der Waals surface area contributed by atoms with Crippen LogP contribution in [0.4, 0.5) is 5.69 Å². The number of rotatable bonds is 4. The molecule has 1 aliphatic rings. The maximum absolute atomic E-state index is 12.3. The molecule has 0 spiro atoms. The first-order valence-electron chi connectivity index (χ1n) is 6.64. The molecule has 0 unspecified atom stereocenters. The summed E-state index contributed by atoms with van der Waals surface area (Å²) in [4.78, 5) is 0.0957. The highest BCUT2D eigenvalue weighted by Gasteiger charge is 2.22.